The van der Waals surface area contributed by atoms with Crippen LogP contribution >= 0.6 is 0 Å². The minimum atomic E-state index is -0.275. The van der Waals surface area contributed by atoms with Crippen molar-refractivity contribution >= 4 is 0 Å². The van der Waals surface area contributed by atoms with Crippen LogP contribution in [0.3, 0.4) is 0 Å². The molecule has 1 aliphatic heterocycles. The van der Waals surface area contributed by atoms with Crippen LogP contribution in [0, 0.1) is 0 Å². The smallest absolute Gasteiger partial charge is 0.112 e. The van der Waals surface area contributed by atoms with Crippen LogP contribution in [-0.4, -0.2) is 25.4 Å². The number of rotatable bonds is 5. The molecular formula is C12H23NO2. The van der Waals surface area contributed by atoms with Gasteiger partial charge in [0.05, 0.1) is 18.2 Å². The van der Waals surface area contributed by atoms with Gasteiger partial charge in [-0.3, -0.25) is 0 Å². The summed E-state index contributed by atoms with van der Waals surface area (Å²) in [6.45, 7) is 5.00. The molecular weight excluding hydrogens is 190 g/mol. The van der Waals surface area contributed by atoms with Gasteiger partial charge in [-0.2, -0.15) is 0 Å². The molecule has 1 unspecified atom stereocenters. The molecule has 88 valence electrons. The van der Waals surface area contributed by atoms with Crippen LogP contribution in [0.25, 0.3) is 0 Å². The summed E-state index contributed by atoms with van der Waals surface area (Å²) in [6, 6.07) is -0.141. The second kappa shape index (κ2) is 5.52. The van der Waals surface area contributed by atoms with Crippen molar-refractivity contribution in [2.24, 2.45) is 5.73 Å². The second-order valence-corrected chi connectivity index (χ2v) is 4.05. The van der Waals surface area contributed by atoms with Gasteiger partial charge in [-0.15, -0.1) is 0 Å². The van der Waals surface area contributed by atoms with Gasteiger partial charge in [-0.25, -0.2) is 0 Å². The minimum absolute atomic E-state index is 0.141. The van der Waals surface area contributed by atoms with Crippen LogP contribution in [0.1, 0.15) is 39.5 Å². The molecule has 0 amide bonds. The number of hydrogen-bond acceptors (Lipinski definition) is 3. The predicted molar refractivity (Wildman–Crippen MR) is 61.6 cm³/mol. The van der Waals surface area contributed by atoms with Crippen molar-refractivity contribution in [3.8, 4) is 0 Å². The Kier molecular flexibility index (Phi) is 4.61. The van der Waals surface area contributed by atoms with Crippen molar-refractivity contribution in [2.75, 3.05) is 13.7 Å². The largest absolute Gasteiger partial charge is 0.496 e. The average molecular weight is 213 g/mol. The normalized spacial score (nSPS) is 19.3. The van der Waals surface area contributed by atoms with Crippen molar-refractivity contribution < 1.29 is 9.47 Å². The molecule has 0 bridgehead atoms. The Balaban J connectivity index is 2.78. The molecule has 0 aromatic heterocycles. The van der Waals surface area contributed by atoms with Crippen LogP contribution in [-0.2, 0) is 9.47 Å². The second-order valence-electron chi connectivity index (χ2n) is 4.05. The Morgan fingerprint density at radius 2 is 2.20 bits per heavy atom. The Morgan fingerprint density at radius 1 is 1.53 bits per heavy atom. The van der Waals surface area contributed by atoms with Crippen molar-refractivity contribution in [3.05, 3.63) is 11.8 Å². The first-order valence-corrected chi connectivity index (χ1v) is 5.83. The van der Waals surface area contributed by atoms with E-state index in [1.807, 2.05) is 0 Å². The molecule has 0 spiro atoms. The topological polar surface area (TPSA) is 44.5 Å². The fraction of sp³-hybridized carbons (Fsp3) is 0.833. The maximum Gasteiger partial charge on any atom is 0.112 e. The maximum absolute atomic E-state index is 6.24. The molecule has 2 N–H and O–H groups in total. The zero-order chi connectivity index (χ0) is 11.3. The van der Waals surface area contributed by atoms with E-state index in [0.717, 1.165) is 38.0 Å². The number of allylic oxidation sites excluding steroid dienone is 1. The van der Waals surface area contributed by atoms with Crippen molar-refractivity contribution in [1.82, 2.24) is 0 Å². The first-order chi connectivity index (χ1) is 7.20. The van der Waals surface area contributed by atoms with Crippen molar-refractivity contribution in [2.45, 2.75) is 51.2 Å². The molecule has 3 heteroatoms. The molecule has 0 saturated carbocycles. The average Bonchev–Trinajstić information content (AvgIpc) is 2.33. The summed E-state index contributed by atoms with van der Waals surface area (Å²) < 4.78 is 11.2. The van der Waals surface area contributed by atoms with Crippen LogP contribution in [0.15, 0.2) is 11.8 Å². The van der Waals surface area contributed by atoms with Gasteiger partial charge >= 0.3 is 0 Å². The lowest BCUT2D eigenvalue weighted by Gasteiger charge is -2.37. The third-order valence-electron chi connectivity index (χ3n) is 3.44. The highest BCUT2D eigenvalue weighted by Gasteiger charge is 2.36. The summed E-state index contributed by atoms with van der Waals surface area (Å²) in [6.07, 6.45) is 6.07. The van der Waals surface area contributed by atoms with E-state index in [1.54, 1.807) is 7.11 Å². The third-order valence-corrected chi connectivity index (χ3v) is 3.44. The highest BCUT2D eigenvalue weighted by Crippen LogP contribution is 2.29. The molecule has 3 nitrogen and oxygen atoms in total. The molecule has 0 aromatic carbocycles. The molecule has 1 heterocycles. The molecule has 0 aromatic rings. The standard InChI is InChI=1S/C12H23NO2/c1-4-12(5-2,14-3)11(13)10-8-6-7-9-15-10/h8,11H,4-7,9,13H2,1-3H3. The number of methoxy groups -OCH3 is 1. The van der Waals surface area contributed by atoms with Gasteiger partial charge in [-0.05, 0) is 31.8 Å². The first kappa shape index (κ1) is 12.5. The number of ether oxygens (including phenoxy) is 2. The Hall–Kier alpha value is -0.540. The molecule has 0 aliphatic carbocycles. The van der Waals surface area contributed by atoms with Crippen LogP contribution < -0.4 is 5.73 Å². The Morgan fingerprint density at radius 3 is 2.60 bits per heavy atom. The SMILES string of the molecule is CCC(CC)(OC)C(N)C1=CCCCO1. The fourth-order valence-electron chi connectivity index (χ4n) is 2.16. The summed E-state index contributed by atoms with van der Waals surface area (Å²) in [5, 5.41) is 0. The lowest BCUT2D eigenvalue weighted by atomic mass is 9.87. The van der Waals surface area contributed by atoms with Gasteiger partial charge in [0.2, 0.25) is 0 Å². The van der Waals surface area contributed by atoms with Gasteiger partial charge in [-0.1, -0.05) is 13.8 Å². The van der Waals surface area contributed by atoms with Crippen LogP contribution in [0.5, 0.6) is 0 Å². The monoisotopic (exact) mass is 213 g/mol. The highest BCUT2D eigenvalue weighted by molar-refractivity contribution is 5.12. The van der Waals surface area contributed by atoms with Gasteiger partial charge in [0.1, 0.15) is 5.76 Å². The molecule has 0 radical (unpaired) electrons. The molecule has 1 atom stereocenters. The molecule has 0 fully saturated rings. The summed E-state index contributed by atoms with van der Waals surface area (Å²) in [5.41, 5.74) is 5.97. The minimum Gasteiger partial charge on any atom is -0.496 e. The van der Waals surface area contributed by atoms with E-state index in [-0.39, 0.29) is 11.6 Å². The van der Waals surface area contributed by atoms with Gasteiger partial charge in [0.15, 0.2) is 0 Å². The van der Waals surface area contributed by atoms with Crippen LogP contribution in [0.4, 0.5) is 0 Å². The molecule has 0 saturated heterocycles. The number of nitrogens with two attached hydrogens (primary N) is 1. The van der Waals surface area contributed by atoms with E-state index < -0.39 is 0 Å². The quantitative estimate of drug-likeness (QED) is 0.761. The van der Waals surface area contributed by atoms with Crippen molar-refractivity contribution in [1.29, 1.82) is 0 Å². The third kappa shape index (κ3) is 2.52. The zero-order valence-corrected chi connectivity index (χ0v) is 10.1. The van der Waals surface area contributed by atoms with Crippen LogP contribution in [0.2, 0.25) is 0 Å². The Labute approximate surface area is 92.6 Å². The van der Waals surface area contributed by atoms with Gasteiger partial charge < -0.3 is 15.2 Å². The summed E-state index contributed by atoms with van der Waals surface area (Å²) in [7, 11) is 1.73. The summed E-state index contributed by atoms with van der Waals surface area (Å²) in [4.78, 5) is 0. The lowest BCUT2D eigenvalue weighted by molar-refractivity contribution is -0.0428. The first-order valence-electron chi connectivity index (χ1n) is 5.83. The van der Waals surface area contributed by atoms with Crippen molar-refractivity contribution in [3.63, 3.8) is 0 Å². The van der Waals surface area contributed by atoms with E-state index in [9.17, 15) is 0 Å². The molecule has 1 rings (SSSR count). The maximum atomic E-state index is 6.24. The van der Waals surface area contributed by atoms with Gasteiger partial charge in [0.25, 0.3) is 0 Å². The molecule has 15 heavy (non-hydrogen) atoms. The fourth-order valence-corrected chi connectivity index (χ4v) is 2.16. The number of hydrogen-bond donors (Lipinski definition) is 1. The van der Waals surface area contributed by atoms with Gasteiger partial charge in [0, 0.05) is 7.11 Å². The summed E-state index contributed by atoms with van der Waals surface area (Å²) in [5.74, 6) is 0.909. The zero-order valence-electron chi connectivity index (χ0n) is 10.1. The lowest BCUT2D eigenvalue weighted by Crippen LogP contribution is -2.50. The predicted octanol–water partition coefficient (Wildman–Crippen LogP) is 2.21. The van der Waals surface area contributed by atoms with E-state index >= 15 is 0 Å². The highest BCUT2D eigenvalue weighted by atomic mass is 16.5. The van der Waals surface area contributed by atoms with E-state index in [1.165, 1.54) is 0 Å². The summed E-state index contributed by atoms with van der Waals surface area (Å²) >= 11 is 0. The van der Waals surface area contributed by atoms with E-state index in [2.05, 4.69) is 19.9 Å². The molecule has 1 aliphatic rings. The van der Waals surface area contributed by atoms with E-state index in [4.69, 9.17) is 15.2 Å². The van der Waals surface area contributed by atoms with E-state index in [0.29, 0.717) is 0 Å². The Bertz CT molecular complexity index is 213.